The topological polar surface area (TPSA) is 46.2 Å². The molecule has 3 N–H and O–H groups in total. The molecule has 1 fully saturated rings. The molecule has 0 unspecified atom stereocenters. The highest BCUT2D eigenvalue weighted by molar-refractivity contribution is 9.10. The third-order valence-corrected chi connectivity index (χ3v) is 3.32. The molecule has 2 rings (SSSR count). The second kappa shape index (κ2) is 3.91. The van der Waals surface area contributed by atoms with Crippen LogP contribution in [0, 0.1) is 5.92 Å². The lowest BCUT2D eigenvalue weighted by molar-refractivity contribution is 0.471. The average molecular weight is 256 g/mol. The number of hydrogen-bond donors (Lipinski definition) is 2. The number of halogens is 1. The molecule has 1 atom stereocenters. The molecule has 0 aliphatic heterocycles. The van der Waals surface area contributed by atoms with E-state index in [0.717, 1.165) is 22.4 Å². The van der Waals surface area contributed by atoms with Crippen LogP contribution < -0.4 is 5.73 Å². The van der Waals surface area contributed by atoms with Gasteiger partial charge in [0.25, 0.3) is 0 Å². The van der Waals surface area contributed by atoms with Gasteiger partial charge in [0.05, 0.1) is 4.47 Å². The molecule has 0 radical (unpaired) electrons. The highest BCUT2D eigenvalue weighted by Crippen LogP contribution is 2.37. The number of aromatic hydroxyl groups is 1. The van der Waals surface area contributed by atoms with Crippen molar-refractivity contribution in [1.82, 2.24) is 0 Å². The second-order valence-corrected chi connectivity index (χ2v) is 4.85. The molecule has 1 aliphatic rings. The van der Waals surface area contributed by atoms with Crippen LogP contribution in [0.25, 0.3) is 0 Å². The van der Waals surface area contributed by atoms with Gasteiger partial charge in [-0.1, -0.05) is 18.9 Å². The van der Waals surface area contributed by atoms with E-state index in [1.165, 1.54) is 12.8 Å². The molecule has 3 heteroatoms. The lowest BCUT2D eigenvalue weighted by Crippen LogP contribution is -2.10. The van der Waals surface area contributed by atoms with E-state index in [9.17, 15) is 5.11 Å². The first kappa shape index (κ1) is 9.99. The number of phenolic OH excluding ortho intramolecular Hbond substituents is 1. The van der Waals surface area contributed by atoms with E-state index in [-0.39, 0.29) is 11.8 Å². The van der Waals surface area contributed by atoms with Crippen molar-refractivity contribution in [2.24, 2.45) is 11.7 Å². The molecule has 0 spiro atoms. The van der Waals surface area contributed by atoms with Gasteiger partial charge in [0, 0.05) is 6.04 Å². The van der Waals surface area contributed by atoms with Gasteiger partial charge in [-0.05, 0) is 46.0 Å². The van der Waals surface area contributed by atoms with Crippen LogP contribution in [0.5, 0.6) is 5.75 Å². The minimum absolute atomic E-state index is 0.111. The zero-order valence-electron chi connectivity index (χ0n) is 7.91. The Morgan fingerprint density at radius 1 is 1.50 bits per heavy atom. The predicted octanol–water partition coefficient (Wildman–Crippen LogP) is 2.95. The van der Waals surface area contributed by atoms with E-state index in [2.05, 4.69) is 15.9 Å². The lowest BCUT2D eigenvalue weighted by Gasteiger charge is -2.11. The molecular weight excluding hydrogens is 242 g/mol. The SMILES string of the molecule is N[C@@H](CC1CC1)c1ccc(O)c(Br)c1. The van der Waals surface area contributed by atoms with E-state index >= 15 is 0 Å². The summed E-state index contributed by atoms with van der Waals surface area (Å²) in [5.74, 6) is 1.10. The molecule has 0 bridgehead atoms. The molecule has 0 heterocycles. The highest BCUT2D eigenvalue weighted by atomic mass is 79.9. The third-order valence-electron chi connectivity index (χ3n) is 2.68. The minimum atomic E-state index is 0.111. The van der Waals surface area contributed by atoms with E-state index in [1.54, 1.807) is 6.07 Å². The van der Waals surface area contributed by atoms with Crippen LogP contribution in [-0.4, -0.2) is 5.11 Å². The number of rotatable bonds is 3. The van der Waals surface area contributed by atoms with E-state index < -0.39 is 0 Å². The second-order valence-electron chi connectivity index (χ2n) is 4.00. The molecule has 1 aromatic rings. The van der Waals surface area contributed by atoms with Gasteiger partial charge < -0.3 is 10.8 Å². The average Bonchev–Trinajstić information content (AvgIpc) is 2.93. The van der Waals surface area contributed by atoms with Gasteiger partial charge in [-0.2, -0.15) is 0 Å². The fraction of sp³-hybridized carbons (Fsp3) is 0.455. The van der Waals surface area contributed by atoms with Crippen LogP contribution in [0.4, 0.5) is 0 Å². The Labute approximate surface area is 92.3 Å². The number of phenols is 1. The number of hydrogen-bond acceptors (Lipinski definition) is 2. The van der Waals surface area contributed by atoms with Crippen LogP contribution in [0.1, 0.15) is 30.9 Å². The maximum Gasteiger partial charge on any atom is 0.129 e. The molecule has 1 aromatic carbocycles. The summed E-state index contributed by atoms with van der Waals surface area (Å²) in [6.45, 7) is 0. The Morgan fingerprint density at radius 3 is 2.79 bits per heavy atom. The van der Waals surface area contributed by atoms with Crippen molar-refractivity contribution in [2.45, 2.75) is 25.3 Å². The Hall–Kier alpha value is -0.540. The fourth-order valence-electron chi connectivity index (χ4n) is 1.60. The fourth-order valence-corrected chi connectivity index (χ4v) is 2.00. The van der Waals surface area contributed by atoms with Crippen LogP contribution >= 0.6 is 15.9 Å². The first-order chi connectivity index (χ1) is 6.66. The quantitative estimate of drug-likeness (QED) is 0.873. The van der Waals surface area contributed by atoms with Gasteiger partial charge in [-0.15, -0.1) is 0 Å². The zero-order valence-corrected chi connectivity index (χ0v) is 9.50. The summed E-state index contributed by atoms with van der Waals surface area (Å²) in [7, 11) is 0. The summed E-state index contributed by atoms with van der Waals surface area (Å²) in [5, 5.41) is 9.33. The zero-order chi connectivity index (χ0) is 10.1. The van der Waals surface area contributed by atoms with Gasteiger partial charge in [0.2, 0.25) is 0 Å². The van der Waals surface area contributed by atoms with Gasteiger partial charge in [-0.3, -0.25) is 0 Å². The number of benzene rings is 1. The summed E-state index contributed by atoms with van der Waals surface area (Å²) in [6, 6.07) is 5.60. The number of nitrogens with two attached hydrogens (primary N) is 1. The summed E-state index contributed by atoms with van der Waals surface area (Å²) in [4.78, 5) is 0. The Balaban J connectivity index is 2.10. The Bertz CT molecular complexity index is 336. The van der Waals surface area contributed by atoms with Gasteiger partial charge in [0.1, 0.15) is 5.75 Å². The monoisotopic (exact) mass is 255 g/mol. The molecular formula is C11H14BrNO. The van der Waals surface area contributed by atoms with Crippen molar-refractivity contribution < 1.29 is 5.11 Å². The summed E-state index contributed by atoms with van der Waals surface area (Å²) >= 11 is 3.29. The summed E-state index contributed by atoms with van der Waals surface area (Å²) in [6.07, 6.45) is 3.72. The standard InChI is InChI=1S/C11H14BrNO/c12-9-6-8(3-4-11(9)14)10(13)5-7-1-2-7/h3-4,6-7,10,14H,1-2,5,13H2/t10-/m0/s1. The molecule has 76 valence electrons. The Kier molecular flexibility index (Phi) is 2.79. The summed E-state index contributed by atoms with van der Waals surface area (Å²) in [5.41, 5.74) is 7.15. The molecule has 0 amide bonds. The van der Waals surface area contributed by atoms with Gasteiger partial charge >= 0.3 is 0 Å². The van der Waals surface area contributed by atoms with Crippen molar-refractivity contribution in [3.63, 3.8) is 0 Å². The third kappa shape index (κ3) is 2.28. The van der Waals surface area contributed by atoms with Crippen molar-refractivity contribution in [3.8, 4) is 5.75 Å². The predicted molar refractivity (Wildman–Crippen MR) is 60.1 cm³/mol. The molecule has 1 saturated carbocycles. The Morgan fingerprint density at radius 2 is 2.21 bits per heavy atom. The molecule has 0 saturated heterocycles. The largest absolute Gasteiger partial charge is 0.507 e. The van der Waals surface area contributed by atoms with E-state index in [1.807, 2.05) is 12.1 Å². The normalized spacial score (nSPS) is 18.1. The van der Waals surface area contributed by atoms with Gasteiger partial charge in [0.15, 0.2) is 0 Å². The van der Waals surface area contributed by atoms with Crippen molar-refractivity contribution in [3.05, 3.63) is 28.2 Å². The lowest BCUT2D eigenvalue weighted by atomic mass is 10.0. The first-order valence-corrected chi connectivity index (χ1v) is 5.70. The highest BCUT2D eigenvalue weighted by Gasteiger charge is 2.24. The molecule has 14 heavy (non-hydrogen) atoms. The first-order valence-electron chi connectivity index (χ1n) is 4.91. The van der Waals surface area contributed by atoms with E-state index in [0.29, 0.717) is 0 Å². The molecule has 1 aliphatic carbocycles. The summed E-state index contributed by atoms with van der Waals surface area (Å²) < 4.78 is 0.723. The smallest absolute Gasteiger partial charge is 0.129 e. The molecule has 0 aromatic heterocycles. The van der Waals surface area contributed by atoms with Crippen LogP contribution in [-0.2, 0) is 0 Å². The maximum absolute atomic E-state index is 9.33. The van der Waals surface area contributed by atoms with Crippen LogP contribution in [0.3, 0.4) is 0 Å². The maximum atomic E-state index is 9.33. The van der Waals surface area contributed by atoms with Crippen molar-refractivity contribution in [1.29, 1.82) is 0 Å². The minimum Gasteiger partial charge on any atom is -0.507 e. The van der Waals surface area contributed by atoms with E-state index in [4.69, 9.17) is 5.73 Å². The van der Waals surface area contributed by atoms with Crippen LogP contribution in [0.15, 0.2) is 22.7 Å². The van der Waals surface area contributed by atoms with Gasteiger partial charge in [-0.25, -0.2) is 0 Å². The van der Waals surface area contributed by atoms with Crippen LogP contribution in [0.2, 0.25) is 0 Å². The van der Waals surface area contributed by atoms with Crippen molar-refractivity contribution in [2.75, 3.05) is 0 Å². The molecule has 2 nitrogen and oxygen atoms in total. The van der Waals surface area contributed by atoms with Crippen molar-refractivity contribution >= 4 is 15.9 Å².